The highest BCUT2D eigenvalue weighted by Crippen LogP contribution is 2.49. The molecule has 35 heavy (non-hydrogen) atoms. The summed E-state index contributed by atoms with van der Waals surface area (Å²) in [5, 5.41) is 49.3. The Kier molecular flexibility index (Phi) is 4.98. The molecule has 5 N–H and O–H groups in total. The largest absolute Gasteiger partial charge is 0.508 e. The van der Waals surface area contributed by atoms with E-state index < -0.39 is 29.6 Å². The minimum atomic E-state index is -1.24. The van der Waals surface area contributed by atoms with Crippen LogP contribution in [0.3, 0.4) is 0 Å². The molecule has 10 heteroatoms. The Morgan fingerprint density at radius 3 is 1.86 bits per heavy atom. The Balaban J connectivity index is 1.68. The van der Waals surface area contributed by atoms with E-state index in [1.807, 2.05) is 0 Å². The Morgan fingerprint density at radius 1 is 0.743 bits per heavy atom. The average molecular weight is 475 g/mol. The fraction of sp³-hybridized carbons (Fsp3) is 0.0400. The van der Waals surface area contributed by atoms with E-state index in [-0.39, 0.29) is 39.7 Å². The molecule has 5 rings (SSSR count). The maximum absolute atomic E-state index is 12.8. The molecule has 0 saturated heterocycles. The molecule has 0 saturated carbocycles. The van der Waals surface area contributed by atoms with Gasteiger partial charge in [0.15, 0.2) is 0 Å². The molecule has 4 aromatic rings. The number of aromatic nitrogens is 1. The van der Waals surface area contributed by atoms with Gasteiger partial charge in [0, 0.05) is 41.3 Å². The van der Waals surface area contributed by atoms with E-state index in [0.717, 1.165) is 12.1 Å². The number of carboxylic acids is 1. The third-order valence-electron chi connectivity index (χ3n) is 5.64. The summed E-state index contributed by atoms with van der Waals surface area (Å²) in [5.74, 6) is -3.63. The van der Waals surface area contributed by atoms with Crippen LogP contribution < -0.4 is 9.57 Å². The van der Waals surface area contributed by atoms with Gasteiger partial charge in [-0.1, -0.05) is 12.1 Å². The van der Waals surface area contributed by atoms with Crippen LogP contribution in [0.2, 0.25) is 0 Å². The lowest BCUT2D eigenvalue weighted by atomic mass is 9.80. The van der Waals surface area contributed by atoms with Crippen LogP contribution in [0, 0.1) is 0 Å². The van der Waals surface area contributed by atoms with Crippen molar-refractivity contribution in [3.8, 4) is 34.8 Å². The van der Waals surface area contributed by atoms with Crippen molar-refractivity contribution in [1.29, 1.82) is 0 Å². The summed E-state index contributed by atoms with van der Waals surface area (Å²) in [5.41, 5.74) is 1.11. The third kappa shape index (κ3) is 3.72. The fourth-order valence-electron chi connectivity index (χ4n) is 4.08. The summed E-state index contributed by atoms with van der Waals surface area (Å²) in [6.45, 7) is 0. The molecule has 1 aromatic heterocycles. The number of aromatic carboxylic acids is 1. The van der Waals surface area contributed by atoms with Gasteiger partial charge in [0.2, 0.25) is 11.8 Å². The highest BCUT2D eigenvalue weighted by atomic mass is 16.7. The van der Waals surface area contributed by atoms with Crippen molar-refractivity contribution in [2.24, 2.45) is 0 Å². The zero-order valence-electron chi connectivity index (χ0n) is 17.7. The lowest BCUT2D eigenvalue weighted by Gasteiger charge is -2.29. The Morgan fingerprint density at radius 2 is 1.31 bits per heavy atom. The number of carbonyl (C=O) groups is 2. The van der Waals surface area contributed by atoms with Crippen LogP contribution in [-0.4, -0.2) is 42.2 Å². The number of hydrogen-bond donors (Lipinski definition) is 5. The zero-order valence-corrected chi connectivity index (χ0v) is 17.7. The molecule has 1 aliphatic heterocycles. The molecule has 10 nitrogen and oxygen atoms in total. The topological polar surface area (TPSA) is 159 Å². The summed E-state index contributed by atoms with van der Waals surface area (Å²) in [4.78, 5) is 30.0. The lowest BCUT2D eigenvalue weighted by Crippen LogP contribution is -2.21. The number of aromatic hydroxyl groups is 4. The predicted octanol–water partition coefficient (Wildman–Crippen LogP) is 3.56. The van der Waals surface area contributed by atoms with E-state index in [4.69, 9.17) is 9.57 Å². The summed E-state index contributed by atoms with van der Waals surface area (Å²) < 4.78 is 6.37. The second-order valence-electron chi connectivity index (χ2n) is 7.81. The number of nitrogens with zero attached hydrogens (tertiary/aromatic N) is 1. The Bertz CT molecular complexity index is 1430. The first-order chi connectivity index (χ1) is 16.7. The van der Waals surface area contributed by atoms with E-state index in [0.29, 0.717) is 15.9 Å². The number of benzene rings is 3. The van der Waals surface area contributed by atoms with Crippen LogP contribution in [0.25, 0.3) is 0 Å². The number of hydrogen-bond acceptors (Lipinski definition) is 8. The summed E-state index contributed by atoms with van der Waals surface area (Å²) in [6, 6.07) is 14.8. The normalized spacial score (nSPS) is 12.3. The van der Waals surface area contributed by atoms with Crippen LogP contribution in [-0.2, 0) is 0 Å². The third-order valence-corrected chi connectivity index (χ3v) is 5.64. The number of ether oxygens (including phenoxy) is 1. The van der Waals surface area contributed by atoms with Gasteiger partial charge in [0.1, 0.15) is 23.0 Å². The van der Waals surface area contributed by atoms with Gasteiger partial charge in [-0.2, -0.15) is 0 Å². The maximum atomic E-state index is 12.8. The molecule has 2 heterocycles. The quantitative estimate of drug-likeness (QED) is 0.262. The Hall–Kier alpha value is -5.12. The number of carbonyl (C=O) groups excluding carboxylic acids is 1. The van der Waals surface area contributed by atoms with Gasteiger partial charge in [0.05, 0.1) is 11.1 Å². The molecule has 0 amide bonds. The monoisotopic (exact) mass is 475 g/mol. The van der Waals surface area contributed by atoms with Gasteiger partial charge in [-0.25, -0.2) is 9.59 Å². The lowest BCUT2D eigenvalue weighted by molar-refractivity contribution is 0.0381. The van der Waals surface area contributed by atoms with Crippen molar-refractivity contribution in [3.63, 3.8) is 0 Å². The van der Waals surface area contributed by atoms with Crippen molar-refractivity contribution < 1.29 is 44.7 Å². The molecule has 0 spiro atoms. The SMILES string of the molecule is O=C(On1c(O)ccc1O)c1ccc(C(=O)O)c(C2c3ccc(O)cc3Oc3cc(O)ccc32)c1. The molecular formula is C25H17NO9. The van der Waals surface area contributed by atoms with Crippen molar-refractivity contribution in [3.05, 3.63) is 94.5 Å². The molecule has 1 aliphatic rings. The zero-order chi connectivity index (χ0) is 24.9. The van der Waals surface area contributed by atoms with Crippen LogP contribution in [0.1, 0.15) is 43.3 Å². The van der Waals surface area contributed by atoms with Crippen molar-refractivity contribution in [1.82, 2.24) is 4.73 Å². The van der Waals surface area contributed by atoms with E-state index >= 15 is 0 Å². The first-order valence-corrected chi connectivity index (χ1v) is 10.3. The van der Waals surface area contributed by atoms with E-state index in [9.17, 15) is 35.1 Å². The molecule has 0 unspecified atom stereocenters. The highest BCUT2D eigenvalue weighted by Gasteiger charge is 2.33. The smallest absolute Gasteiger partial charge is 0.363 e. The number of phenolic OH excluding ortho intramolecular Hbond substituents is 2. The van der Waals surface area contributed by atoms with E-state index in [2.05, 4.69) is 0 Å². The summed E-state index contributed by atoms with van der Waals surface area (Å²) in [6.07, 6.45) is 0. The number of carboxylic acid groups (broad SMARTS) is 1. The molecule has 0 atom stereocenters. The molecule has 0 radical (unpaired) electrons. The van der Waals surface area contributed by atoms with E-state index in [1.54, 1.807) is 12.1 Å². The second kappa shape index (κ2) is 8.03. The number of phenols is 2. The molecule has 176 valence electrons. The molecule has 0 aliphatic carbocycles. The number of fused-ring (bicyclic) bond motifs is 2. The standard InChI is InChI=1S/C25H17NO9/c27-13-2-5-16-19(10-13)34-20-11-14(28)3-6-17(20)23(16)18-9-12(1-4-15(18)24(31)32)25(33)35-26-21(29)7-8-22(26)30/h1-11,23,27-30H,(H,31,32). The second-order valence-corrected chi connectivity index (χ2v) is 7.81. The van der Waals surface area contributed by atoms with Gasteiger partial charge in [-0.15, -0.1) is 4.73 Å². The maximum Gasteiger partial charge on any atom is 0.363 e. The van der Waals surface area contributed by atoms with Gasteiger partial charge < -0.3 is 35.1 Å². The van der Waals surface area contributed by atoms with Gasteiger partial charge >= 0.3 is 11.9 Å². The number of rotatable bonds is 4. The van der Waals surface area contributed by atoms with Crippen molar-refractivity contribution >= 4 is 11.9 Å². The first-order valence-electron chi connectivity index (χ1n) is 10.3. The first kappa shape index (κ1) is 21.7. The molecular weight excluding hydrogens is 458 g/mol. The minimum absolute atomic E-state index is 0.0513. The van der Waals surface area contributed by atoms with Crippen LogP contribution >= 0.6 is 0 Å². The van der Waals surface area contributed by atoms with Crippen LogP contribution in [0.5, 0.6) is 34.8 Å². The van der Waals surface area contributed by atoms with E-state index in [1.165, 1.54) is 42.5 Å². The predicted molar refractivity (Wildman–Crippen MR) is 119 cm³/mol. The average Bonchev–Trinajstić information content (AvgIpc) is 3.13. The summed E-state index contributed by atoms with van der Waals surface area (Å²) >= 11 is 0. The molecule has 0 fully saturated rings. The molecule has 0 bridgehead atoms. The van der Waals surface area contributed by atoms with Crippen molar-refractivity contribution in [2.45, 2.75) is 5.92 Å². The van der Waals surface area contributed by atoms with Crippen LogP contribution in [0.4, 0.5) is 0 Å². The minimum Gasteiger partial charge on any atom is -0.508 e. The van der Waals surface area contributed by atoms with Gasteiger partial charge in [-0.05, 0) is 35.9 Å². The van der Waals surface area contributed by atoms with Gasteiger partial charge in [-0.3, -0.25) is 0 Å². The summed E-state index contributed by atoms with van der Waals surface area (Å²) in [7, 11) is 0. The molecule has 3 aromatic carbocycles. The fourth-order valence-corrected chi connectivity index (χ4v) is 4.08. The Labute approximate surface area is 197 Å². The highest BCUT2D eigenvalue weighted by molar-refractivity contribution is 5.95. The van der Waals surface area contributed by atoms with Crippen LogP contribution in [0.15, 0.2) is 66.7 Å². The van der Waals surface area contributed by atoms with Crippen molar-refractivity contribution in [2.75, 3.05) is 0 Å². The van der Waals surface area contributed by atoms with Gasteiger partial charge in [0.25, 0.3) is 0 Å².